The molecule has 184 valence electrons. The van der Waals surface area contributed by atoms with E-state index < -0.39 is 35.4 Å². The molecular formula is C26H29N3O6. The molecule has 0 spiro atoms. The second-order valence-corrected chi connectivity index (χ2v) is 8.47. The lowest BCUT2D eigenvalue weighted by Crippen LogP contribution is -2.52. The van der Waals surface area contributed by atoms with E-state index in [-0.39, 0.29) is 17.3 Å². The molecule has 1 aliphatic rings. The maximum Gasteiger partial charge on any atom is 0.345 e. The first kappa shape index (κ1) is 25.6. The average molecular weight is 480 g/mol. The SMILES string of the molecule is Cc1cccc([N+](=O)[O-])c1C(=O)OC[C@H](NC(=O)/C=C/c1ccccc1)C(=O)NC1CCCCC1. The smallest absolute Gasteiger partial charge is 0.345 e. The molecule has 9 heteroatoms. The Morgan fingerprint density at radius 3 is 2.49 bits per heavy atom. The van der Waals surface area contributed by atoms with Gasteiger partial charge in [-0.25, -0.2) is 4.79 Å². The van der Waals surface area contributed by atoms with E-state index in [0.717, 1.165) is 37.7 Å². The number of rotatable bonds is 9. The Bertz CT molecular complexity index is 1090. The van der Waals surface area contributed by atoms with Crippen LogP contribution in [0.3, 0.4) is 0 Å². The van der Waals surface area contributed by atoms with Crippen LogP contribution in [-0.4, -0.2) is 41.4 Å². The lowest BCUT2D eigenvalue weighted by molar-refractivity contribution is -0.385. The molecule has 0 bridgehead atoms. The third-order valence-electron chi connectivity index (χ3n) is 5.84. The first-order chi connectivity index (χ1) is 16.8. The fourth-order valence-corrected chi connectivity index (χ4v) is 3.99. The monoisotopic (exact) mass is 479 g/mol. The van der Waals surface area contributed by atoms with Gasteiger partial charge < -0.3 is 15.4 Å². The fraction of sp³-hybridized carbons (Fsp3) is 0.346. The number of nitro groups is 1. The number of benzene rings is 2. The molecule has 3 rings (SSSR count). The van der Waals surface area contributed by atoms with Crippen LogP contribution in [-0.2, 0) is 14.3 Å². The Balaban J connectivity index is 1.71. The van der Waals surface area contributed by atoms with Crippen molar-refractivity contribution in [2.24, 2.45) is 0 Å². The Morgan fingerprint density at radius 2 is 1.80 bits per heavy atom. The van der Waals surface area contributed by atoms with E-state index in [1.165, 1.54) is 18.2 Å². The molecule has 0 aliphatic heterocycles. The maximum atomic E-state index is 13.0. The van der Waals surface area contributed by atoms with Gasteiger partial charge in [0.15, 0.2) is 0 Å². The molecule has 0 saturated heterocycles. The van der Waals surface area contributed by atoms with Gasteiger partial charge in [0.2, 0.25) is 11.8 Å². The number of ether oxygens (including phenoxy) is 1. The van der Waals surface area contributed by atoms with Crippen molar-refractivity contribution in [1.82, 2.24) is 10.6 Å². The van der Waals surface area contributed by atoms with Gasteiger partial charge in [0.25, 0.3) is 5.69 Å². The lowest BCUT2D eigenvalue weighted by atomic mass is 9.95. The summed E-state index contributed by atoms with van der Waals surface area (Å²) in [6.45, 7) is 1.10. The molecule has 35 heavy (non-hydrogen) atoms. The van der Waals surface area contributed by atoms with Gasteiger partial charge >= 0.3 is 5.97 Å². The van der Waals surface area contributed by atoms with Crippen LogP contribution in [0.1, 0.15) is 53.6 Å². The minimum Gasteiger partial charge on any atom is -0.459 e. The van der Waals surface area contributed by atoms with Gasteiger partial charge in [-0.3, -0.25) is 19.7 Å². The van der Waals surface area contributed by atoms with E-state index in [1.54, 1.807) is 19.1 Å². The van der Waals surface area contributed by atoms with Crippen LogP contribution < -0.4 is 10.6 Å². The van der Waals surface area contributed by atoms with E-state index in [0.29, 0.717) is 5.56 Å². The zero-order chi connectivity index (χ0) is 25.2. The number of aryl methyl sites for hydroxylation is 1. The first-order valence-electron chi connectivity index (χ1n) is 11.6. The predicted octanol–water partition coefficient (Wildman–Crippen LogP) is 3.71. The minimum atomic E-state index is -1.16. The number of nitro benzene ring substituents is 1. The summed E-state index contributed by atoms with van der Waals surface area (Å²) < 4.78 is 5.29. The van der Waals surface area contributed by atoms with Crippen LogP contribution in [0.5, 0.6) is 0 Å². The first-order valence-corrected chi connectivity index (χ1v) is 11.6. The quantitative estimate of drug-likeness (QED) is 0.244. The van der Waals surface area contributed by atoms with Gasteiger partial charge in [-0.2, -0.15) is 0 Å². The van der Waals surface area contributed by atoms with E-state index in [1.807, 2.05) is 30.3 Å². The lowest BCUT2D eigenvalue weighted by Gasteiger charge is -2.25. The zero-order valence-corrected chi connectivity index (χ0v) is 19.6. The molecule has 1 saturated carbocycles. The summed E-state index contributed by atoms with van der Waals surface area (Å²) in [4.78, 5) is 48.9. The van der Waals surface area contributed by atoms with Gasteiger partial charge in [0, 0.05) is 18.2 Å². The fourth-order valence-electron chi connectivity index (χ4n) is 3.99. The number of nitrogens with one attached hydrogen (secondary N) is 2. The van der Waals surface area contributed by atoms with Crippen LogP contribution >= 0.6 is 0 Å². The highest BCUT2D eigenvalue weighted by molar-refractivity contribution is 5.97. The van der Waals surface area contributed by atoms with Crippen molar-refractivity contribution < 1.29 is 24.0 Å². The Hall–Kier alpha value is -4.01. The van der Waals surface area contributed by atoms with Gasteiger partial charge in [-0.1, -0.05) is 61.7 Å². The second-order valence-electron chi connectivity index (χ2n) is 8.47. The van der Waals surface area contributed by atoms with Crippen molar-refractivity contribution in [3.05, 3.63) is 81.4 Å². The number of esters is 1. The van der Waals surface area contributed by atoms with Gasteiger partial charge in [-0.05, 0) is 37.0 Å². The molecule has 0 aromatic heterocycles. The summed E-state index contributed by atoms with van der Waals surface area (Å²) in [5.74, 6) is -1.93. The Morgan fingerprint density at radius 1 is 1.09 bits per heavy atom. The van der Waals surface area contributed by atoms with E-state index in [2.05, 4.69) is 10.6 Å². The molecule has 0 unspecified atom stereocenters. The molecule has 1 aliphatic carbocycles. The molecule has 0 heterocycles. The molecule has 2 aromatic rings. The van der Waals surface area contributed by atoms with Crippen molar-refractivity contribution in [3.63, 3.8) is 0 Å². The summed E-state index contributed by atoms with van der Waals surface area (Å²) in [6, 6.07) is 12.3. The van der Waals surface area contributed by atoms with Crippen LogP contribution in [0.2, 0.25) is 0 Å². The molecule has 2 amide bonds. The molecule has 9 nitrogen and oxygen atoms in total. The maximum absolute atomic E-state index is 13.0. The minimum absolute atomic E-state index is 0.0105. The largest absolute Gasteiger partial charge is 0.459 e. The summed E-state index contributed by atoms with van der Waals surface area (Å²) in [6.07, 6.45) is 7.72. The number of carbonyl (C=O) groups is 3. The average Bonchev–Trinajstić information content (AvgIpc) is 2.86. The number of carbonyl (C=O) groups excluding carboxylic acids is 3. The third kappa shape index (κ3) is 7.49. The van der Waals surface area contributed by atoms with Crippen molar-refractivity contribution in [1.29, 1.82) is 0 Å². The Kier molecular flexibility index (Phi) is 9.11. The standard InChI is InChI=1S/C26H29N3O6/c1-18-9-8-14-22(29(33)34)24(18)26(32)35-17-21(25(31)27-20-12-6-3-7-13-20)28-23(30)16-15-19-10-4-2-5-11-19/h2,4-5,8-11,14-16,20-21H,3,6-7,12-13,17H2,1H3,(H,27,31)(H,28,30)/b16-15+/t21-/m0/s1. The molecule has 2 N–H and O–H groups in total. The highest BCUT2D eigenvalue weighted by Gasteiger charge is 2.28. The summed E-state index contributed by atoms with van der Waals surface area (Å²) in [5, 5.41) is 16.9. The molecular weight excluding hydrogens is 450 g/mol. The normalized spacial score (nSPS) is 14.8. The highest BCUT2D eigenvalue weighted by atomic mass is 16.6. The highest BCUT2D eigenvalue weighted by Crippen LogP contribution is 2.23. The summed E-state index contributed by atoms with van der Waals surface area (Å²) in [5.41, 5.74) is 0.624. The van der Waals surface area contributed by atoms with Crippen LogP contribution in [0.15, 0.2) is 54.6 Å². The number of hydrogen-bond acceptors (Lipinski definition) is 6. The van der Waals surface area contributed by atoms with Crippen LogP contribution in [0.25, 0.3) is 6.08 Å². The van der Waals surface area contributed by atoms with Crippen molar-refractivity contribution in [2.45, 2.75) is 51.1 Å². The van der Waals surface area contributed by atoms with Crippen molar-refractivity contribution in [2.75, 3.05) is 6.61 Å². The van der Waals surface area contributed by atoms with Crippen LogP contribution in [0, 0.1) is 17.0 Å². The second kappa shape index (κ2) is 12.5. The van der Waals surface area contributed by atoms with Crippen LogP contribution in [0.4, 0.5) is 5.69 Å². The van der Waals surface area contributed by atoms with Gasteiger partial charge in [0.05, 0.1) is 4.92 Å². The van der Waals surface area contributed by atoms with E-state index in [9.17, 15) is 24.5 Å². The summed E-state index contributed by atoms with van der Waals surface area (Å²) >= 11 is 0. The van der Waals surface area contributed by atoms with E-state index >= 15 is 0 Å². The van der Waals surface area contributed by atoms with Gasteiger partial charge in [-0.15, -0.1) is 0 Å². The predicted molar refractivity (Wildman–Crippen MR) is 131 cm³/mol. The summed E-state index contributed by atoms with van der Waals surface area (Å²) in [7, 11) is 0. The number of amides is 2. The van der Waals surface area contributed by atoms with Crippen molar-refractivity contribution >= 4 is 29.5 Å². The molecule has 0 radical (unpaired) electrons. The zero-order valence-electron chi connectivity index (χ0n) is 19.6. The number of hydrogen-bond donors (Lipinski definition) is 2. The molecule has 1 atom stereocenters. The number of nitrogens with zero attached hydrogens (tertiary/aromatic N) is 1. The van der Waals surface area contributed by atoms with E-state index in [4.69, 9.17) is 4.74 Å². The molecule has 2 aromatic carbocycles. The van der Waals surface area contributed by atoms with Crippen molar-refractivity contribution in [3.8, 4) is 0 Å². The Labute approximate surface area is 203 Å². The topological polar surface area (TPSA) is 128 Å². The molecule has 1 fully saturated rings. The van der Waals surface area contributed by atoms with Gasteiger partial charge in [0.1, 0.15) is 18.2 Å². The third-order valence-corrected chi connectivity index (χ3v) is 5.84.